The van der Waals surface area contributed by atoms with E-state index in [0.717, 1.165) is 12.8 Å². The van der Waals surface area contributed by atoms with Gasteiger partial charge >= 0.3 is 5.97 Å². The molecule has 2 atom stereocenters. The maximum atomic E-state index is 13.1. The number of carboxylic acid groups (broad SMARTS) is 1. The number of nitrogens with zero attached hydrogens (tertiary/aromatic N) is 2. The highest BCUT2D eigenvalue weighted by atomic mass is 19.1. The lowest BCUT2D eigenvalue weighted by molar-refractivity contribution is -0.142. The largest absolute Gasteiger partial charge is 0.481 e. The molecule has 0 aliphatic heterocycles. The topological polar surface area (TPSA) is 76.2 Å². The van der Waals surface area contributed by atoms with Crippen molar-refractivity contribution < 1.29 is 18.8 Å². The molecule has 0 radical (unpaired) electrons. The van der Waals surface area contributed by atoms with Crippen molar-refractivity contribution in [2.75, 3.05) is 0 Å². The summed E-state index contributed by atoms with van der Waals surface area (Å²) in [6.07, 6.45) is 2.21. The van der Waals surface area contributed by atoms with Crippen LogP contribution in [-0.4, -0.2) is 21.2 Å². The molecule has 1 aliphatic rings. The van der Waals surface area contributed by atoms with Gasteiger partial charge < -0.3 is 9.63 Å². The van der Waals surface area contributed by atoms with Gasteiger partial charge in [0.1, 0.15) is 5.82 Å². The fraction of sp³-hybridized carbons (Fsp3) is 0.400. The summed E-state index contributed by atoms with van der Waals surface area (Å²) in [6, 6.07) is 4.34. The Morgan fingerprint density at radius 3 is 2.95 bits per heavy atom. The first-order valence-corrected chi connectivity index (χ1v) is 6.89. The van der Waals surface area contributed by atoms with E-state index >= 15 is 0 Å². The van der Waals surface area contributed by atoms with Crippen LogP contribution < -0.4 is 0 Å². The van der Waals surface area contributed by atoms with Gasteiger partial charge in [-0.2, -0.15) is 4.98 Å². The predicted molar refractivity (Wildman–Crippen MR) is 72.1 cm³/mol. The van der Waals surface area contributed by atoms with Crippen LogP contribution in [0.3, 0.4) is 0 Å². The van der Waals surface area contributed by atoms with Gasteiger partial charge in [-0.3, -0.25) is 4.79 Å². The molecular formula is C15H15FN2O3. The highest BCUT2D eigenvalue weighted by Crippen LogP contribution is 2.39. The molecule has 21 heavy (non-hydrogen) atoms. The van der Waals surface area contributed by atoms with Crippen molar-refractivity contribution in [3.05, 3.63) is 35.5 Å². The highest BCUT2D eigenvalue weighted by Gasteiger charge is 2.37. The van der Waals surface area contributed by atoms with Crippen LogP contribution in [0.15, 0.2) is 22.7 Å². The number of aryl methyl sites for hydroxylation is 1. The quantitative estimate of drug-likeness (QED) is 0.939. The summed E-state index contributed by atoms with van der Waals surface area (Å²) < 4.78 is 18.4. The normalized spacial score (nSPS) is 21.6. The summed E-state index contributed by atoms with van der Waals surface area (Å²) >= 11 is 0. The molecule has 1 aromatic carbocycles. The van der Waals surface area contributed by atoms with E-state index in [0.29, 0.717) is 29.3 Å². The Kier molecular flexibility index (Phi) is 3.45. The number of carboxylic acids is 1. The number of benzene rings is 1. The van der Waals surface area contributed by atoms with E-state index in [1.807, 2.05) is 0 Å². The second-order valence-corrected chi connectivity index (χ2v) is 5.40. The number of hydrogen-bond donors (Lipinski definition) is 1. The molecule has 6 heteroatoms. The van der Waals surface area contributed by atoms with Crippen molar-refractivity contribution in [3.8, 4) is 11.4 Å². The fourth-order valence-electron chi connectivity index (χ4n) is 2.92. The van der Waals surface area contributed by atoms with Crippen LogP contribution >= 0.6 is 0 Å². The van der Waals surface area contributed by atoms with Crippen molar-refractivity contribution >= 4 is 5.97 Å². The van der Waals surface area contributed by atoms with Crippen LogP contribution in [0.5, 0.6) is 0 Å². The number of carbonyl (C=O) groups is 1. The van der Waals surface area contributed by atoms with E-state index in [1.54, 1.807) is 13.0 Å². The second-order valence-electron chi connectivity index (χ2n) is 5.40. The Bertz CT molecular complexity index is 683. The zero-order valence-corrected chi connectivity index (χ0v) is 11.5. The minimum atomic E-state index is -0.824. The maximum Gasteiger partial charge on any atom is 0.307 e. The summed E-state index contributed by atoms with van der Waals surface area (Å²) in [6.45, 7) is 1.77. The van der Waals surface area contributed by atoms with Crippen LogP contribution in [0.25, 0.3) is 11.4 Å². The van der Waals surface area contributed by atoms with Crippen molar-refractivity contribution in [3.63, 3.8) is 0 Å². The SMILES string of the molecule is Cc1cc(F)ccc1-c1noc(C2CCCC2C(=O)O)n1. The molecule has 0 saturated heterocycles. The lowest BCUT2D eigenvalue weighted by Gasteiger charge is -2.10. The average molecular weight is 290 g/mol. The summed E-state index contributed by atoms with van der Waals surface area (Å²) in [5, 5.41) is 13.1. The molecule has 5 nitrogen and oxygen atoms in total. The van der Waals surface area contributed by atoms with Crippen LogP contribution in [-0.2, 0) is 4.79 Å². The van der Waals surface area contributed by atoms with Gasteiger partial charge in [-0.25, -0.2) is 4.39 Å². The molecule has 1 aliphatic carbocycles. The molecule has 1 aromatic heterocycles. The molecule has 1 heterocycles. The van der Waals surface area contributed by atoms with Gasteiger partial charge in [-0.1, -0.05) is 11.6 Å². The molecule has 0 amide bonds. The zero-order chi connectivity index (χ0) is 15.0. The smallest absolute Gasteiger partial charge is 0.307 e. The van der Waals surface area contributed by atoms with Crippen LogP contribution in [0, 0.1) is 18.7 Å². The summed E-state index contributed by atoms with van der Waals surface area (Å²) in [4.78, 5) is 15.5. The molecule has 1 N–H and O–H groups in total. The Morgan fingerprint density at radius 2 is 2.24 bits per heavy atom. The molecule has 0 bridgehead atoms. The molecule has 0 spiro atoms. The van der Waals surface area contributed by atoms with Gasteiger partial charge in [0.25, 0.3) is 0 Å². The lowest BCUT2D eigenvalue weighted by Crippen LogP contribution is -2.17. The average Bonchev–Trinajstić information content (AvgIpc) is 3.06. The first-order valence-electron chi connectivity index (χ1n) is 6.89. The van der Waals surface area contributed by atoms with Gasteiger partial charge in [0.2, 0.25) is 11.7 Å². The molecule has 1 saturated carbocycles. The standard InChI is InChI=1S/C15H15FN2O3/c1-8-7-9(16)5-6-10(8)13-17-14(21-18-13)11-3-2-4-12(11)15(19)20/h5-7,11-12H,2-4H2,1H3,(H,19,20). The first-order chi connectivity index (χ1) is 10.1. The van der Waals surface area contributed by atoms with E-state index < -0.39 is 11.9 Å². The predicted octanol–water partition coefficient (Wildman–Crippen LogP) is 3.15. The Balaban J connectivity index is 1.91. The molecule has 1 fully saturated rings. The lowest BCUT2D eigenvalue weighted by atomic mass is 9.96. The summed E-state index contributed by atoms with van der Waals surface area (Å²) in [7, 11) is 0. The van der Waals surface area contributed by atoms with Gasteiger partial charge in [-0.05, 0) is 43.5 Å². The fourth-order valence-corrected chi connectivity index (χ4v) is 2.92. The van der Waals surface area contributed by atoms with Crippen molar-refractivity contribution in [2.24, 2.45) is 5.92 Å². The minimum absolute atomic E-state index is 0.232. The zero-order valence-electron chi connectivity index (χ0n) is 11.5. The van der Waals surface area contributed by atoms with Crippen molar-refractivity contribution in [1.82, 2.24) is 10.1 Å². The monoisotopic (exact) mass is 290 g/mol. The minimum Gasteiger partial charge on any atom is -0.481 e. The van der Waals surface area contributed by atoms with Crippen LogP contribution in [0.4, 0.5) is 4.39 Å². The van der Waals surface area contributed by atoms with Gasteiger partial charge in [-0.15, -0.1) is 0 Å². The van der Waals surface area contributed by atoms with Gasteiger partial charge in [0, 0.05) is 5.56 Å². The number of hydrogen-bond acceptors (Lipinski definition) is 4. The molecule has 2 unspecified atom stereocenters. The Hall–Kier alpha value is -2.24. The van der Waals surface area contributed by atoms with Crippen LogP contribution in [0.1, 0.15) is 36.6 Å². The Morgan fingerprint density at radius 1 is 1.43 bits per heavy atom. The van der Waals surface area contributed by atoms with Crippen molar-refractivity contribution in [1.29, 1.82) is 0 Å². The third kappa shape index (κ3) is 2.53. The number of rotatable bonds is 3. The van der Waals surface area contributed by atoms with E-state index in [4.69, 9.17) is 4.52 Å². The third-order valence-corrected chi connectivity index (χ3v) is 4.02. The van der Waals surface area contributed by atoms with Crippen LogP contribution in [0.2, 0.25) is 0 Å². The van der Waals surface area contributed by atoms with E-state index in [2.05, 4.69) is 10.1 Å². The first kappa shape index (κ1) is 13.7. The van der Waals surface area contributed by atoms with Crippen molar-refractivity contribution in [2.45, 2.75) is 32.1 Å². The summed E-state index contributed by atoms with van der Waals surface area (Å²) in [5.41, 5.74) is 1.40. The number of aliphatic carboxylic acids is 1. The second kappa shape index (κ2) is 5.27. The van der Waals surface area contributed by atoms with E-state index in [9.17, 15) is 14.3 Å². The Labute approximate surface area is 120 Å². The number of aromatic nitrogens is 2. The van der Waals surface area contributed by atoms with Gasteiger partial charge in [0.15, 0.2) is 0 Å². The third-order valence-electron chi connectivity index (χ3n) is 4.02. The van der Waals surface area contributed by atoms with Gasteiger partial charge in [0.05, 0.1) is 11.8 Å². The number of halogens is 1. The highest BCUT2D eigenvalue weighted by molar-refractivity contribution is 5.71. The van der Waals surface area contributed by atoms with E-state index in [1.165, 1.54) is 12.1 Å². The maximum absolute atomic E-state index is 13.1. The molecule has 2 aromatic rings. The molecule has 3 rings (SSSR count). The summed E-state index contributed by atoms with van der Waals surface area (Å²) in [5.74, 6) is -1.11. The molecular weight excluding hydrogens is 275 g/mol. The van der Waals surface area contributed by atoms with E-state index in [-0.39, 0.29) is 11.7 Å². The molecule has 110 valence electrons.